The molecule has 0 aliphatic carbocycles. The van der Waals surface area contributed by atoms with E-state index in [-0.39, 0.29) is 11.6 Å². The quantitative estimate of drug-likeness (QED) is 0.399. The van der Waals surface area contributed by atoms with Gasteiger partial charge in [-0.3, -0.25) is 4.79 Å². The largest absolute Gasteiger partial charge is 0.492 e. The van der Waals surface area contributed by atoms with Crippen LogP contribution in [0.5, 0.6) is 5.75 Å². The number of nitrogens with zero attached hydrogens (tertiary/aromatic N) is 2. The number of carbonyl (C=O) groups is 1. The monoisotopic (exact) mass is 395 g/mol. The standard InChI is InChI=1S/C23H29N3O3/c1-16-7-6-8-22(11-16)29-10-9-25-23(27)21(14-24)13-20-12-17(2)26(19(20)4)18(3)15-28-5/h6-8,11-13,18H,9-10,15H2,1-5H3,(H,25,27)/b21-13+. The van der Waals surface area contributed by atoms with E-state index in [2.05, 4.69) is 16.8 Å². The first-order chi connectivity index (χ1) is 13.9. The van der Waals surface area contributed by atoms with Gasteiger partial charge in [-0.25, -0.2) is 0 Å². The van der Waals surface area contributed by atoms with Crippen molar-refractivity contribution in [3.8, 4) is 11.8 Å². The van der Waals surface area contributed by atoms with Gasteiger partial charge < -0.3 is 19.4 Å². The second kappa shape index (κ2) is 10.5. The molecule has 2 aromatic rings. The molecule has 1 unspecified atom stereocenters. The predicted octanol–water partition coefficient (Wildman–Crippen LogP) is 3.72. The second-order valence-corrected chi connectivity index (χ2v) is 7.09. The van der Waals surface area contributed by atoms with Crippen LogP contribution in [0.25, 0.3) is 6.08 Å². The maximum absolute atomic E-state index is 12.4. The SMILES string of the molecule is COCC(C)n1c(C)cc(/C=C(\C#N)C(=O)NCCOc2cccc(C)c2)c1C. The Bertz CT molecular complexity index is 922. The highest BCUT2D eigenvalue weighted by atomic mass is 16.5. The van der Waals surface area contributed by atoms with Gasteiger partial charge in [0.1, 0.15) is 24.0 Å². The molecular weight excluding hydrogens is 366 g/mol. The Hall–Kier alpha value is -3.04. The summed E-state index contributed by atoms with van der Waals surface area (Å²) in [5, 5.41) is 12.2. The molecule has 1 aromatic carbocycles. The van der Waals surface area contributed by atoms with Crippen LogP contribution in [0.3, 0.4) is 0 Å². The van der Waals surface area contributed by atoms with Crippen molar-refractivity contribution in [3.05, 3.63) is 58.4 Å². The van der Waals surface area contributed by atoms with Crippen LogP contribution in [0, 0.1) is 32.1 Å². The van der Waals surface area contributed by atoms with Gasteiger partial charge in [0, 0.05) is 18.5 Å². The molecule has 6 nitrogen and oxygen atoms in total. The molecule has 0 aliphatic rings. The number of hydrogen-bond acceptors (Lipinski definition) is 4. The molecule has 2 rings (SSSR count). The first kappa shape index (κ1) is 22.3. The van der Waals surface area contributed by atoms with Crippen molar-refractivity contribution >= 4 is 12.0 Å². The van der Waals surface area contributed by atoms with E-state index < -0.39 is 5.91 Å². The highest BCUT2D eigenvalue weighted by molar-refractivity contribution is 6.01. The van der Waals surface area contributed by atoms with Crippen molar-refractivity contribution in [2.45, 2.75) is 33.7 Å². The third-order valence-electron chi connectivity index (χ3n) is 4.68. The maximum Gasteiger partial charge on any atom is 0.262 e. The molecule has 0 radical (unpaired) electrons. The smallest absolute Gasteiger partial charge is 0.262 e. The molecule has 6 heteroatoms. The van der Waals surface area contributed by atoms with Gasteiger partial charge in [-0.15, -0.1) is 0 Å². The van der Waals surface area contributed by atoms with Crippen LogP contribution in [0.15, 0.2) is 35.9 Å². The fourth-order valence-electron chi connectivity index (χ4n) is 3.38. The number of amides is 1. The minimum atomic E-state index is -0.407. The third-order valence-corrected chi connectivity index (χ3v) is 4.68. The van der Waals surface area contributed by atoms with Gasteiger partial charge in [0.2, 0.25) is 0 Å². The number of nitriles is 1. The van der Waals surface area contributed by atoms with Crippen LogP contribution in [0.2, 0.25) is 0 Å². The van der Waals surface area contributed by atoms with Crippen molar-refractivity contribution in [2.75, 3.05) is 26.9 Å². The molecule has 29 heavy (non-hydrogen) atoms. The number of benzene rings is 1. The van der Waals surface area contributed by atoms with Crippen molar-refractivity contribution < 1.29 is 14.3 Å². The second-order valence-electron chi connectivity index (χ2n) is 7.09. The fraction of sp³-hybridized carbons (Fsp3) is 0.391. The van der Waals surface area contributed by atoms with Gasteiger partial charge in [0.15, 0.2) is 0 Å². The molecule has 0 saturated carbocycles. The Kier molecular flexibility index (Phi) is 8.05. The lowest BCUT2D eigenvalue weighted by Gasteiger charge is -2.17. The lowest BCUT2D eigenvalue weighted by molar-refractivity contribution is -0.117. The van der Waals surface area contributed by atoms with E-state index in [1.807, 2.05) is 57.2 Å². The van der Waals surface area contributed by atoms with Gasteiger partial charge in [-0.1, -0.05) is 12.1 Å². The van der Waals surface area contributed by atoms with E-state index in [9.17, 15) is 10.1 Å². The summed E-state index contributed by atoms with van der Waals surface area (Å²) < 4.78 is 13.0. The van der Waals surface area contributed by atoms with Gasteiger partial charge in [0.05, 0.1) is 19.2 Å². The van der Waals surface area contributed by atoms with E-state index in [1.165, 1.54) is 0 Å². The van der Waals surface area contributed by atoms with Crippen LogP contribution in [-0.2, 0) is 9.53 Å². The van der Waals surface area contributed by atoms with Crippen LogP contribution in [-0.4, -0.2) is 37.3 Å². The first-order valence-electron chi connectivity index (χ1n) is 9.64. The molecule has 1 atom stereocenters. The van der Waals surface area contributed by atoms with Gasteiger partial charge in [0.25, 0.3) is 5.91 Å². The predicted molar refractivity (Wildman–Crippen MR) is 114 cm³/mol. The van der Waals surface area contributed by atoms with Crippen LogP contribution < -0.4 is 10.1 Å². The summed E-state index contributed by atoms with van der Waals surface area (Å²) in [7, 11) is 1.67. The van der Waals surface area contributed by atoms with E-state index in [1.54, 1.807) is 13.2 Å². The Labute approximate surface area is 172 Å². The van der Waals surface area contributed by atoms with Crippen molar-refractivity contribution in [1.82, 2.24) is 9.88 Å². The maximum atomic E-state index is 12.4. The highest BCUT2D eigenvalue weighted by Crippen LogP contribution is 2.22. The number of nitrogens with one attached hydrogen (secondary N) is 1. The molecule has 154 valence electrons. The Morgan fingerprint density at radius 2 is 2.07 bits per heavy atom. The molecule has 1 amide bonds. The number of aryl methyl sites for hydroxylation is 2. The van der Waals surface area contributed by atoms with Crippen LogP contribution >= 0.6 is 0 Å². The zero-order chi connectivity index (χ0) is 21.4. The number of aromatic nitrogens is 1. The average Bonchev–Trinajstić information content (AvgIpc) is 2.96. The van der Waals surface area contributed by atoms with E-state index >= 15 is 0 Å². The van der Waals surface area contributed by atoms with Crippen molar-refractivity contribution in [2.24, 2.45) is 0 Å². The highest BCUT2D eigenvalue weighted by Gasteiger charge is 2.15. The Balaban J connectivity index is 2.01. The van der Waals surface area contributed by atoms with Gasteiger partial charge in [-0.2, -0.15) is 5.26 Å². The zero-order valence-electron chi connectivity index (χ0n) is 17.8. The summed E-state index contributed by atoms with van der Waals surface area (Å²) in [5.74, 6) is 0.350. The van der Waals surface area contributed by atoms with Crippen LogP contribution in [0.4, 0.5) is 0 Å². The zero-order valence-corrected chi connectivity index (χ0v) is 17.8. The first-order valence-corrected chi connectivity index (χ1v) is 9.64. The van der Waals surface area contributed by atoms with Gasteiger partial charge >= 0.3 is 0 Å². The number of methoxy groups -OCH3 is 1. The lowest BCUT2D eigenvalue weighted by atomic mass is 10.1. The summed E-state index contributed by atoms with van der Waals surface area (Å²) in [6, 6.07) is 11.9. The Morgan fingerprint density at radius 3 is 2.72 bits per heavy atom. The summed E-state index contributed by atoms with van der Waals surface area (Å²) in [6.07, 6.45) is 1.63. The fourth-order valence-corrected chi connectivity index (χ4v) is 3.38. The Morgan fingerprint density at radius 1 is 1.31 bits per heavy atom. The van der Waals surface area contributed by atoms with E-state index in [0.29, 0.717) is 19.8 Å². The number of carbonyl (C=O) groups excluding carboxylic acids is 1. The summed E-state index contributed by atoms with van der Waals surface area (Å²) in [4.78, 5) is 12.4. The summed E-state index contributed by atoms with van der Waals surface area (Å²) >= 11 is 0. The molecule has 1 N–H and O–H groups in total. The topological polar surface area (TPSA) is 76.3 Å². The van der Waals surface area contributed by atoms with Gasteiger partial charge in [-0.05, 0) is 63.1 Å². The van der Waals surface area contributed by atoms with E-state index in [4.69, 9.17) is 9.47 Å². The molecule has 0 fully saturated rings. The van der Waals surface area contributed by atoms with Crippen molar-refractivity contribution in [1.29, 1.82) is 5.26 Å². The average molecular weight is 396 g/mol. The molecule has 1 aromatic heterocycles. The lowest BCUT2D eigenvalue weighted by Crippen LogP contribution is -2.29. The molecule has 0 saturated heterocycles. The molecule has 1 heterocycles. The molecular formula is C23H29N3O3. The third kappa shape index (κ3) is 5.97. The normalized spacial score (nSPS) is 12.3. The summed E-state index contributed by atoms with van der Waals surface area (Å²) in [5.41, 5.74) is 4.09. The minimum absolute atomic E-state index is 0.0696. The van der Waals surface area contributed by atoms with Crippen LogP contribution in [0.1, 0.15) is 35.5 Å². The number of hydrogen-bond donors (Lipinski definition) is 1. The van der Waals surface area contributed by atoms with E-state index in [0.717, 1.165) is 28.3 Å². The van der Waals surface area contributed by atoms with Crippen molar-refractivity contribution in [3.63, 3.8) is 0 Å². The molecule has 0 bridgehead atoms. The minimum Gasteiger partial charge on any atom is -0.492 e. The number of rotatable bonds is 9. The molecule has 0 aliphatic heterocycles. The number of ether oxygens (including phenoxy) is 2. The molecule has 0 spiro atoms. The summed E-state index contributed by atoms with van der Waals surface area (Å²) in [6.45, 7) is 9.28.